The van der Waals surface area contributed by atoms with Crippen LogP contribution in [0.5, 0.6) is 0 Å². The van der Waals surface area contributed by atoms with Crippen molar-refractivity contribution in [1.82, 2.24) is 9.80 Å². The number of hydrogen-bond donors (Lipinski definition) is 0. The predicted octanol–water partition coefficient (Wildman–Crippen LogP) is 4.34. The van der Waals surface area contributed by atoms with Crippen LogP contribution in [-0.4, -0.2) is 102 Å². The van der Waals surface area contributed by atoms with Gasteiger partial charge >= 0.3 is 0 Å². The van der Waals surface area contributed by atoms with Gasteiger partial charge in [-0.3, -0.25) is 4.79 Å². The first-order chi connectivity index (χ1) is 17.5. The molecule has 0 spiro atoms. The van der Waals surface area contributed by atoms with Gasteiger partial charge in [-0.15, -0.1) is 0 Å². The molecule has 0 atom stereocenters. The maximum Gasteiger partial charge on any atom is 0.251 e. The van der Waals surface area contributed by atoms with Gasteiger partial charge in [-0.2, -0.15) is 0 Å². The molecule has 1 amide bonds. The number of nitrogens with zero attached hydrogens (tertiary/aromatic N) is 2. The van der Waals surface area contributed by atoms with Crippen LogP contribution >= 0.6 is 0 Å². The van der Waals surface area contributed by atoms with Crippen LogP contribution in [-0.2, 0) is 28.5 Å². The van der Waals surface area contributed by atoms with Gasteiger partial charge in [-0.1, -0.05) is 47.6 Å². The number of hydrogen-bond acceptors (Lipinski definition) is 7. The van der Waals surface area contributed by atoms with E-state index in [0.717, 1.165) is 12.2 Å². The summed E-state index contributed by atoms with van der Waals surface area (Å²) in [6, 6.07) is 0. The lowest BCUT2D eigenvalue weighted by Gasteiger charge is -2.26. The van der Waals surface area contributed by atoms with Crippen molar-refractivity contribution in [3.8, 4) is 0 Å². The Morgan fingerprint density at radius 1 is 0.889 bits per heavy atom. The van der Waals surface area contributed by atoms with Crippen molar-refractivity contribution < 1.29 is 28.5 Å². The number of allylic oxidation sites excluding steroid dienone is 1. The van der Waals surface area contributed by atoms with Gasteiger partial charge in [-0.05, 0) is 45.0 Å². The van der Waals surface area contributed by atoms with Gasteiger partial charge in [0, 0.05) is 24.7 Å². The van der Waals surface area contributed by atoms with Crippen molar-refractivity contribution in [3.63, 3.8) is 0 Å². The molecule has 2 heterocycles. The summed E-state index contributed by atoms with van der Waals surface area (Å²) in [6.45, 7) is 21.3. The van der Waals surface area contributed by atoms with Gasteiger partial charge < -0.3 is 33.5 Å². The Hall–Kier alpha value is -1.58. The Balaban J connectivity index is 0. The van der Waals surface area contributed by atoms with Gasteiger partial charge in [0.05, 0.1) is 52.9 Å². The van der Waals surface area contributed by atoms with Crippen LogP contribution in [0.15, 0.2) is 24.4 Å². The molecule has 1 saturated heterocycles. The van der Waals surface area contributed by atoms with E-state index in [-0.39, 0.29) is 5.91 Å². The maximum atomic E-state index is 11.4. The fourth-order valence-electron chi connectivity index (χ4n) is 2.93. The van der Waals surface area contributed by atoms with E-state index in [1.54, 1.807) is 11.0 Å². The second-order valence-corrected chi connectivity index (χ2v) is 8.41. The van der Waals surface area contributed by atoms with E-state index in [4.69, 9.17) is 18.9 Å². The lowest BCUT2D eigenvalue weighted by molar-refractivity contribution is -0.123. The van der Waals surface area contributed by atoms with Crippen molar-refractivity contribution in [3.05, 3.63) is 24.4 Å². The summed E-state index contributed by atoms with van der Waals surface area (Å²) in [5.41, 5.74) is 0.696. The van der Waals surface area contributed by atoms with Gasteiger partial charge in [0.2, 0.25) is 0 Å². The average Bonchev–Trinajstić information content (AvgIpc) is 3.20. The van der Waals surface area contributed by atoms with E-state index in [0.29, 0.717) is 71.5 Å². The molecule has 1 fully saturated rings. The van der Waals surface area contributed by atoms with Gasteiger partial charge in [0.25, 0.3) is 5.91 Å². The van der Waals surface area contributed by atoms with Crippen molar-refractivity contribution >= 4 is 12.2 Å². The van der Waals surface area contributed by atoms with E-state index in [1.165, 1.54) is 38.4 Å². The number of amides is 1. The smallest absolute Gasteiger partial charge is 0.251 e. The monoisotopic (exact) mass is 514 g/mol. The molecule has 0 saturated carbocycles. The van der Waals surface area contributed by atoms with E-state index < -0.39 is 0 Å². The highest BCUT2D eigenvalue weighted by Gasteiger charge is 2.17. The summed E-state index contributed by atoms with van der Waals surface area (Å²) in [5, 5.41) is 0. The molecule has 8 nitrogen and oxygen atoms in total. The van der Waals surface area contributed by atoms with E-state index in [2.05, 4.69) is 39.3 Å². The third-order valence-corrected chi connectivity index (χ3v) is 4.99. The second-order valence-electron chi connectivity index (χ2n) is 8.41. The topological polar surface area (TPSA) is 77.5 Å². The van der Waals surface area contributed by atoms with Crippen molar-refractivity contribution in [2.24, 2.45) is 5.92 Å². The second kappa shape index (κ2) is 28.0. The minimum Gasteiger partial charge on any atom is -0.379 e. The Morgan fingerprint density at radius 3 is 1.72 bits per heavy atom. The number of carbonyl (C=O) groups is 2. The number of rotatable bonds is 15. The highest BCUT2D eigenvalue weighted by molar-refractivity contribution is 5.92. The quantitative estimate of drug-likeness (QED) is 0.238. The molecule has 8 heteroatoms. The molecule has 0 N–H and O–H groups in total. The molecule has 0 radical (unpaired) electrons. The third kappa shape index (κ3) is 22.9. The molecule has 2 aliphatic heterocycles. The summed E-state index contributed by atoms with van der Waals surface area (Å²) >= 11 is 0. The minimum absolute atomic E-state index is 0.0536. The van der Waals surface area contributed by atoms with Gasteiger partial charge in [-0.25, -0.2) is 0 Å². The average molecular weight is 515 g/mol. The maximum absolute atomic E-state index is 11.4. The first-order valence-electron chi connectivity index (χ1n) is 13.6. The fourth-order valence-corrected chi connectivity index (χ4v) is 2.93. The molecular formula is C28H54N2O6. The number of carbonyl (C=O) groups excluding carboxylic acids is 2. The van der Waals surface area contributed by atoms with E-state index in [9.17, 15) is 9.59 Å². The van der Waals surface area contributed by atoms with Crippen LogP contribution in [0, 0.1) is 5.92 Å². The zero-order valence-corrected chi connectivity index (χ0v) is 24.0. The van der Waals surface area contributed by atoms with Crippen molar-refractivity contribution in [2.75, 3.05) is 79.5 Å². The van der Waals surface area contributed by atoms with Gasteiger partial charge in [0.15, 0.2) is 0 Å². The Bertz CT molecular complexity index is 520. The summed E-state index contributed by atoms with van der Waals surface area (Å²) < 4.78 is 21.2. The first kappa shape index (κ1) is 36.6. The molecule has 2 aliphatic rings. The summed E-state index contributed by atoms with van der Waals surface area (Å²) in [5.74, 6) is 0.924. The van der Waals surface area contributed by atoms with Crippen LogP contribution in [0.2, 0.25) is 0 Å². The van der Waals surface area contributed by atoms with Crippen molar-refractivity contribution in [2.45, 2.75) is 60.3 Å². The number of likely N-dealkylation sites (tertiary alicyclic amines) is 1. The number of ether oxygens (including phenoxy) is 4. The number of aldehydes is 1. The van der Waals surface area contributed by atoms with E-state index >= 15 is 0 Å². The molecule has 36 heavy (non-hydrogen) atoms. The highest BCUT2D eigenvalue weighted by atomic mass is 16.6. The lowest BCUT2D eigenvalue weighted by atomic mass is 10.00. The summed E-state index contributed by atoms with van der Waals surface area (Å²) in [4.78, 5) is 25.4. The van der Waals surface area contributed by atoms with Crippen LogP contribution < -0.4 is 0 Å². The summed E-state index contributed by atoms with van der Waals surface area (Å²) in [7, 11) is 2.20. The molecule has 0 aromatic heterocycles. The Kier molecular flexibility index (Phi) is 28.4. The Morgan fingerprint density at radius 2 is 1.33 bits per heavy atom. The third-order valence-electron chi connectivity index (χ3n) is 4.99. The zero-order valence-electron chi connectivity index (χ0n) is 24.0. The first-order valence-corrected chi connectivity index (χ1v) is 13.6. The fraction of sp³-hybridized carbons (Fsp3) is 0.786. The molecule has 212 valence electrons. The molecule has 0 aromatic carbocycles. The van der Waals surface area contributed by atoms with Crippen molar-refractivity contribution in [1.29, 1.82) is 0 Å². The molecule has 0 aliphatic carbocycles. The normalized spacial score (nSPS) is 15.4. The molecule has 0 unspecified atom stereocenters. The van der Waals surface area contributed by atoms with Crippen LogP contribution in [0.1, 0.15) is 60.3 Å². The van der Waals surface area contributed by atoms with Crippen LogP contribution in [0.4, 0.5) is 0 Å². The lowest BCUT2D eigenvalue weighted by Crippen LogP contribution is -2.28. The molecular weight excluding hydrogens is 460 g/mol. The highest BCUT2D eigenvalue weighted by Crippen LogP contribution is 2.13. The Labute approximate surface area is 221 Å². The SMILES string of the molecule is C=C1C=CC(=O)N1CCOCCOCCOCCOCCC=O.CC.CC1CCN(C)CC1.CCC. The number of piperidine rings is 1. The van der Waals surface area contributed by atoms with Gasteiger partial charge in [0.1, 0.15) is 6.29 Å². The molecule has 0 bridgehead atoms. The van der Waals surface area contributed by atoms with Crippen LogP contribution in [0.25, 0.3) is 0 Å². The predicted molar refractivity (Wildman–Crippen MR) is 147 cm³/mol. The molecule has 0 aromatic rings. The largest absolute Gasteiger partial charge is 0.379 e. The zero-order chi connectivity index (χ0) is 27.4. The standard InChI is InChI=1S/C16H25NO6.C7H15N.C3H8.C2H6/c1-15-3-4-16(19)17(15)5-8-21-10-12-23-14-13-22-11-9-20-7-2-6-18;1-7-3-5-8(2)6-4-7;1-3-2;1-2/h3-4,6H,1-2,5,7-14H2;7H,3-6H2,1-2H3;3H2,1-2H3;1-2H3. The summed E-state index contributed by atoms with van der Waals surface area (Å²) in [6.07, 6.45) is 8.48. The van der Waals surface area contributed by atoms with E-state index in [1.807, 2.05) is 13.8 Å². The molecule has 2 rings (SSSR count). The van der Waals surface area contributed by atoms with Crippen LogP contribution in [0.3, 0.4) is 0 Å². The minimum atomic E-state index is -0.0536.